The van der Waals surface area contributed by atoms with Crippen LogP contribution in [0.2, 0.25) is 0 Å². The molecular weight excluding hydrogens is 353 g/mol. The van der Waals surface area contributed by atoms with Gasteiger partial charge in [0.1, 0.15) is 5.75 Å². The van der Waals surface area contributed by atoms with E-state index in [1.807, 2.05) is 6.07 Å². The highest BCUT2D eigenvalue weighted by Gasteiger charge is 2.42. The van der Waals surface area contributed by atoms with Gasteiger partial charge in [-0.1, -0.05) is 6.92 Å². The molecule has 138 valence electrons. The third kappa shape index (κ3) is 2.84. The molecule has 0 aliphatic carbocycles. The summed E-state index contributed by atoms with van der Waals surface area (Å²) in [5.41, 5.74) is 1.14. The van der Waals surface area contributed by atoms with Crippen LogP contribution < -0.4 is 20.9 Å². The van der Waals surface area contributed by atoms with Gasteiger partial charge in [0.05, 0.1) is 23.1 Å². The maximum absolute atomic E-state index is 14.4. The van der Waals surface area contributed by atoms with Crippen molar-refractivity contribution >= 4 is 11.8 Å². The van der Waals surface area contributed by atoms with E-state index in [2.05, 4.69) is 17.6 Å². The number of methoxy groups -OCH3 is 1. The first-order valence-corrected chi connectivity index (χ1v) is 9.75. The highest BCUT2D eigenvalue weighted by atomic mass is 32.2. The van der Waals surface area contributed by atoms with E-state index in [-0.39, 0.29) is 22.5 Å². The SMILES string of the molecule is CCNC1CCNC2Sc3c(ccn(-c4ccc(OC)cc4F)c3=O)C12. The monoisotopic (exact) mass is 375 g/mol. The molecule has 2 aliphatic rings. The number of halogens is 1. The van der Waals surface area contributed by atoms with Crippen LogP contribution in [-0.2, 0) is 0 Å². The number of ether oxygens (including phenoxy) is 1. The zero-order valence-corrected chi connectivity index (χ0v) is 15.6. The van der Waals surface area contributed by atoms with Crippen molar-refractivity contribution in [2.24, 2.45) is 0 Å². The minimum Gasteiger partial charge on any atom is -0.497 e. The Bertz CT molecular complexity index is 884. The predicted octanol–water partition coefficient (Wildman–Crippen LogP) is 2.47. The van der Waals surface area contributed by atoms with Gasteiger partial charge in [0.15, 0.2) is 5.82 Å². The summed E-state index contributed by atoms with van der Waals surface area (Å²) >= 11 is 1.57. The van der Waals surface area contributed by atoms with E-state index in [1.54, 1.807) is 30.1 Å². The van der Waals surface area contributed by atoms with Crippen LogP contribution in [0.4, 0.5) is 4.39 Å². The molecule has 2 N–H and O–H groups in total. The van der Waals surface area contributed by atoms with E-state index >= 15 is 0 Å². The molecule has 2 aliphatic heterocycles. The van der Waals surface area contributed by atoms with Crippen LogP contribution in [0.3, 0.4) is 0 Å². The zero-order chi connectivity index (χ0) is 18.3. The number of benzene rings is 1. The number of nitrogens with zero attached hydrogens (tertiary/aromatic N) is 1. The van der Waals surface area contributed by atoms with Gasteiger partial charge < -0.3 is 15.4 Å². The number of aromatic nitrogens is 1. The van der Waals surface area contributed by atoms with Crippen molar-refractivity contribution in [3.05, 3.63) is 52.2 Å². The fourth-order valence-electron chi connectivity index (χ4n) is 3.92. The molecule has 1 aromatic carbocycles. The third-order valence-electron chi connectivity index (χ3n) is 5.12. The summed E-state index contributed by atoms with van der Waals surface area (Å²) in [5, 5.41) is 7.25. The number of rotatable bonds is 4. The standard InChI is InChI=1S/C19H22FN3O2S/c1-3-21-14-6-8-22-18-16(14)12-7-9-23(19(24)17(12)26-18)15-5-4-11(25-2)10-13(15)20/h4-5,7,9-10,14,16,18,21-22H,3,6,8H2,1-2H3. The van der Waals surface area contributed by atoms with Crippen LogP contribution in [0.5, 0.6) is 5.75 Å². The molecule has 26 heavy (non-hydrogen) atoms. The van der Waals surface area contributed by atoms with Crippen molar-refractivity contribution in [3.63, 3.8) is 0 Å². The third-order valence-corrected chi connectivity index (χ3v) is 6.48. The van der Waals surface area contributed by atoms with Crippen LogP contribution in [0.15, 0.2) is 40.2 Å². The van der Waals surface area contributed by atoms with Gasteiger partial charge in [0.25, 0.3) is 5.56 Å². The quantitative estimate of drug-likeness (QED) is 0.860. The van der Waals surface area contributed by atoms with Crippen LogP contribution in [0, 0.1) is 5.82 Å². The molecule has 0 amide bonds. The van der Waals surface area contributed by atoms with Gasteiger partial charge in [0.2, 0.25) is 0 Å². The minimum atomic E-state index is -0.476. The second kappa shape index (κ2) is 7.06. The van der Waals surface area contributed by atoms with Gasteiger partial charge in [-0.25, -0.2) is 4.39 Å². The van der Waals surface area contributed by atoms with E-state index in [9.17, 15) is 9.18 Å². The Labute approximate surface area is 155 Å². The van der Waals surface area contributed by atoms with Crippen molar-refractivity contribution in [2.75, 3.05) is 20.2 Å². The lowest BCUT2D eigenvalue weighted by Crippen LogP contribution is -2.49. The van der Waals surface area contributed by atoms with E-state index in [1.165, 1.54) is 17.7 Å². The number of thioether (sulfide) groups is 1. The number of hydrogen-bond donors (Lipinski definition) is 2. The lowest BCUT2D eigenvalue weighted by molar-refractivity contribution is 0.334. The minimum absolute atomic E-state index is 0.164. The Morgan fingerprint density at radius 2 is 2.27 bits per heavy atom. The first-order chi connectivity index (χ1) is 12.6. The highest BCUT2D eigenvalue weighted by molar-refractivity contribution is 8.00. The van der Waals surface area contributed by atoms with Gasteiger partial charge in [-0.3, -0.25) is 9.36 Å². The summed E-state index contributed by atoms with van der Waals surface area (Å²) in [7, 11) is 1.49. The Morgan fingerprint density at radius 3 is 3.00 bits per heavy atom. The molecule has 2 aromatic rings. The lowest BCUT2D eigenvalue weighted by atomic mass is 9.87. The molecular formula is C19H22FN3O2S. The molecule has 3 unspecified atom stereocenters. The van der Waals surface area contributed by atoms with Crippen LogP contribution >= 0.6 is 11.8 Å². The topological polar surface area (TPSA) is 55.3 Å². The van der Waals surface area contributed by atoms with Gasteiger partial charge >= 0.3 is 0 Å². The largest absolute Gasteiger partial charge is 0.497 e. The first-order valence-electron chi connectivity index (χ1n) is 8.87. The Morgan fingerprint density at radius 1 is 1.42 bits per heavy atom. The average molecular weight is 375 g/mol. The second-order valence-corrected chi connectivity index (χ2v) is 7.72. The molecule has 0 spiro atoms. The summed E-state index contributed by atoms with van der Waals surface area (Å²) in [4.78, 5) is 13.8. The number of pyridine rings is 1. The molecule has 7 heteroatoms. The summed E-state index contributed by atoms with van der Waals surface area (Å²) in [6.07, 6.45) is 2.72. The molecule has 1 aromatic heterocycles. The number of likely N-dealkylation sites (N-methyl/N-ethyl adjacent to an activating group) is 1. The maximum atomic E-state index is 14.4. The van der Waals surface area contributed by atoms with E-state index in [0.717, 1.165) is 30.0 Å². The van der Waals surface area contributed by atoms with Gasteiger partial charge in [-0.05, 0) is 43.3 Å². The van der Waals surface area contributed by atoms with Gasteiger partial charge in [-0.15, -0.1) is 11.8 Å². The van der Waals surface area contributed by atoms with E-state index in [4.69, 9.17) is 4.74 Å². The average Bonchev–Trinajstić information content (AvgIpc) is 3.03. The van der Waals surface area contributed by atoms with Crippen LogP contribution in [0.25, 0.3) is 5.69 Å². The maximum Gasteiger partial charge on any atom is 0.269 e. The van der Waals surface area contributed by atoms with Crippen molar-refractivity contribution < 1.29 is 9.13 Å². The molecule has 4 rings (SSSR count). The van der Waals surface area contributed by atoms with Crippen LogP contribution in [0.1, 0.15) is 24.8 Å². The fourth-order valence-corrected chi connectivity index (χ4v) is 5.40. The molecule has 3 atom stereocenters. The zero-order valence-electron chi connectivity index (χ0n) is 14.8. The van der Waals surface area contributed by atoms with Crippen molar-refractivity contribution in [3.8, 4) is 11.4 Å². The highest BCUT2D eigenvalue weighted by Crippen LogP contribution is 2.46. The molecule has 0 saturated carbocycles. The fraction of sp³-hybridized carbons (Fsp3) is 0.421. The molecule has 0 radical (unpaired) electrons. The van der Waals surface area contributed by atoms with E-state index < -0.39 is 5.82 Å². The lowest BCUT2D eigenvalue weighted by Gasteiger charge is -2.35. The van der Waals surface area contributed by atoms with Gasteiger partial charge in [0, 0.05) is 24.2 Å². The Balaban J connectivity index is 1.76. The van der Waals surface area contributed by atoms with Crippen molar-refractivity contribution in [1.29, 1.82) is 0 Å². The summed E-state index contributed by atoms with van der Waals surface area (Å²) in [5.74, 6) is 0.209. The molecule has 3 heterocycles. The summed E-state index contributed by atoms with van der Waals surface area (Å²) in [6, 6.07) is 6.86. The number of piperidine rings is 1. The number of nitrogens with one attached hydrogen (secondary N) is 2. The van der Waals surface area contributed by atoms with Crippen LogP contribution in [-0.4, -0.2) is 36.2 Å². The number of hydrogen-bond acceptors (Lipinski definition) is 5. The predicted molar refractivity (Wildman–Crippen MR) is 101 cm³/mol. The Hall–Kier alpha value is -1.83. The molecule has 5 nitrogen and oxygen atoms in total. The smallest absolute Gasteiger partial charge is 0.269 e. The number of fused-ring (bicyclic) bond motifs is 3. The first kappa shape index (κ1) is 17.6. The van der Waals surface area contributed by atoms with Crippen molar-refractivity contribution in [2.45, 2.75) is 35.6 Å². The molecule has 1 fully saturated rings. The molecule has 1 saturated heterocycles. The van der Waals surface area contributed by atoms with Gasteiger partial charge in [-0.2, -0.15) is 0 Å². The van der Waals surface area contributed by atoms with Crippen molar-refractivity contribution in [1.82, 2.24) is 15.2 Å². The summed E-state index contributed by atoms with van der Waals surface area (Å²) in [6.45, 7) is 3.94. The second-order valence-electron chi connectivity index (χ2n) is 6.56. The van der Waals surface area contributed by atoms with E-state index in [0.29, 0.717) is 11.8 Å². The normalized spacial score (nSPS) is 24.2. The molecule has 0 bridgehead atoms. The summed E-state index contributed by atoms with van der Waals surface area (Å²) < 4.78 is 20.9. The Kier molecular flexibility index (Phi) is 4.77.